The van der Waals surface area contributed by atoms with Crippen LogP contribution in [-0.2, 0) is 17.8 Å². The molecule has 0 unspecified atom stereocenters. The number of nitrogens with one attached hydrogen (secondary N) is 1. The highest BCUT2D eigenvalue weighted by Gasteiger charge is 2.11. The van der Waals surface area contributed by atoms with Gasteiger partial charge in [0, 0.05) is 25.3 Å². The van der Waals surface area contributed by atoms with Crippen molar-refractivity contribution in [2.45, 2.75) is 46.1 Å². The standard InChI is InChI=1S/C22H28N2O/c1-17-6-7-18(2)20(14-17)15-22(25)23-16-19-8-10-21(11-9-19)24-12-4-3-5-13-24/h6-11,14H,3-5,12-13,15-16H2,1-2H3,(H,23,25). The molecular weight excluding hydrogens is 308 g/mol. The smallest absolute Gasteiger partial charge is 0.224 e. The molecule has 1 fully saturated rings. The maximum atomic E-state index is 12.2. The molecule has 0 aliphatic carbocycles. The normalized spacial score (nSPS) is 14.4. The number of piperidine rings is 1. The maximum absolute atomic E-state index is 12.2. The zero-order chi connectivity index (χ0) is 17.6. The second-order valence-electron chi connectivity index (χ2n) is 7.10. The second kappa shape index (κ2) is 8.19. The van der Waals surface area contributed by atoms with Gasteiger partial charge in [0.05, 0.1) is 6.42 Å². The zero-order valence-electron chi connectivity index (χ0n) is 15.3. The fourth-order valence-corrected chi connectivity index (χ4v) is 3.40. The molecule has 3 rings (SSSR count). The first-order chi connectivity index (χ1) is 12.1. The number of benzene rings is 2. The Balaban J connectivity index is 1.52. The molecule has 3 nitrogen and oxygen atoms in total. The van der Waals surface area contributed by atoms with Crippen LogP contribution >= 0.6 is 0 Å². The Kier molecular flexibility index (Phi) is 5.75. The lowest BCUT2D eigenvalue weighted by Gasteiger charge is -2.28. The van der Waals surface area contributed by atoms with Crippen molar-refractivity contribution in [3.63, 3.8) is 0 Å². The molecule has 1 N–H and O–H groups in total. The van der Waals surface area contributed by atoms with E-state index in [0.29, 0.717) is 13.0 Å². The molecule has 0 spiro atoms. The Labute approximate surface area is 151 Å². The van der Waals surface area contributed by atoms with Crippen LogP contribution in [0.5, 0.6) is 0 Å². The van der Waals surface area contributed by atoms with Gasteiger partial charge in [0.15, 0.2) is 0 Å². The van der Waals surface area contributed by atoms with E-state index in [1.54, 1.807) is 0 Å². The van der Waals surface area contributed by atoms with Crippen LogP contribution in [0, 0.1) is 13.8 Å². The molecule has 2 aromatic rings. The monoisotopic (exact) mass is 336 g/mol. The molecule has 1 aliphatic heterocycles. The van der Waals surface area contributed by atoms with Crippen molar-refractivity contribution in [3.05, 3.63) is 64.7 Å². The number of carbonyl (C=O) groups excluding carboxylic acids is 1. The second-order valence-corrected chi connectivity index (χ2v) is 7.10. The first-order valence-corrected chi connectivity index (χ1v) is 9.28. The van der Waals surface area contributed by atoms with Gasteiger partial charge in [-0.15, -0.1) is 0 Å². The van der Waals surface area contributed by atoms with E-state index in [4.69, 9.17) is 0 Å². The van der Waals surface area contributed by atoms with E-state index in [-0.39, 0.29) is 5.91 Å². The highest BCUT2D eigenvalue weighted by atomic mass is 16.1. The summed E-state index contributed by atoms with van der Waals surface area (Å²) < 4.78 is 0. The predicted molar refractivity (Wildman–Crippen MR) is 104 cm³/mol. The quantitative estimate of drug-likeness (QED) is 0.889. The number of carbonyl (C=O) groups is 1. The van der Waals surface area contributed by atoms with Gasteiger partial charge in [-0.05, 0) is 61.9 Å². The molecule has 2 aromatic carbocycles. The minimum atomic E-state index is 0.0776. The summed E-state index contributed by atoms with van der Waals surface area (Å²) in [5.74, 6) is 0.0776. The molecule has 25 heavy (non-hydrogen) atoms. The van der Waals surface area contributed by atoms with Crippen LogP contribution in [0.15, 0.2) is 42.5 Å². The largest absolute Gasteiger partial charge is 0.372 e. The summed E-state index contributed by atoms with van der Waals surface area (Å²) in [5, 5.41) is 3.04. The first kappa shape index (κ1) is 17.5. The molecular formula is C22H28N2O. The lowest BCUT2D eigenvalue weighted by atomic mass is 10.0. The summed E-state index contributed by atoms with van der Waals surface area (Å²) in [6, 6.07) is 14.9. The van der Waals surface area contributed by atoms with Crippen LogP contribution < -0.4 is 10.2 Å². The minimum absolute atomic E-state index is 0.0776. The van der Waals surface area contributed by atoms with Crippen molar-refractivity contribution >= 4 is 11.6 Å². The van der Waals surface area contributed by atoms with Crippen LogP contribution in [0.2, 0.25) is 0 Å². The van der Waals surface area contributed by atoms with Crippen LogP contribution in [-0.4, -0.2) is 19.0 Å². The summed E-state index contributed by atoms with van der Waals surface area (Å²) in [6.45, 7) is 7.02. The van der Waals surface area contributed by atoms with Crippen molar-refractivity contribution in [1.82, 2.24) is 5.32 Å². The number of rotatable bonds is 5. The molecule has 0 aromatic heterocycles. The van der Waals surface area contributed by atoms with Gasteiger partial charge < -0.3 is 10.2 Å². The van der Waals surface area contributed by atoms with E-state index >= 15 is 0 Å². The predicted octanol–water partition coefficient (Wildman–Crippen LogP) is 4.15. The topological polar surface area (TPSA) is 32.3 Å². The van der Waals surface area contributed by atoms with Crippen molar-refractivity contribution < 1.29 is 4.79 Å². The van der Waals surface area contributed by atoms with Crippen LogP contribution in [0.4, 0.5) is 5.69 Å². The Morgan fingerprint density at radius 1 is 1.00 bits per heavy atom. The molecule has 0 radical (unpaired) electrons. The lowest BCUT2D eigenvalue weighted by Crippen LogP contribution is -2.29. The minimum Gasteiger partial charge on any atom is -0.372 e. The van der Waals surface area contributed by atoms with Crippen LogP contribution in [0.25, 0.3) is 0 Å². The SMILES string of the molecule is Cc1ccc(C)c(CC(=O)NCc2ccc(N3CCCCC3)cc2)c1. The highest BCUT2D eigenvalue weighted by molar-refractivity contribution is 5.79. The summed E-state index contributed by atoms with van der Waals surface area (Å²) >= 11 is 0. The first-order valence-electron chi connectivity index (χ1n) is 9.28. The Morgan fingerprint density at radius 2 is 1.72 bits per heavy atom. The molecule has 3 heteroatoms. The number of nitrogens with zero attached hydrogens (tertiary/aromatic N) is 1. The molecule has 0 atom stereocenters. The zero-order valence-corrected chi connectivity index (χ0v) is 15.3. The number of aryl methyl sites for hydroxylation is 2. The van der Waals surface area contributed by atoms with E-state index in [1.165, 1.54) is 36.1 Å². The van der Waals surface area contributed by atoms with Gasteiger partial charge in [0.1, 0.15) is 0 Å². The van der Waals surface area contributed by atoms with Gasteiger partial charge in [0.2, 0.25) is 5.91 Å². The van der Waals surface area contributed by atoms with Crippen molar-refractivity contribution in [3.8, 4) is 0 Å². The van der Waals surface area contributed by atoms with E-state index in [1.807, 2.05) is 0 Å². The molecule has 1 aliphatic rings. The molecule has 1 saturated heterocycles. The summed E-state index contributed by atoms with van der Waals surface area (Å²) in [6.07, 6.45) is 4.37. The van der Waals surface area contributed by atoms with Crippen LogP contribution in [0.1, 0.15) is 41.5 Å². The Morgan fingerprint density at radius 3 is 2.44 bits per heavy atom. The van der Waals surface area contributed by atoms with Crippen molar-refractivity contribution in [2.75, 3.05) is 18.0 Å². The number of hydrogen-bond acceptors (Lipinski definition) is 2. The highest BCUT2D eigenvalue weighted by Crippen LogP contribution is 2.20. The summed E-state index contributed by atoms with van der Waals surface area (Å²) in [5.41, 5.74) is 5.92. The number of anilines is 1. The third kappa shape index (κ3) is 4.85. The van der Waals surface area contributed by atoms with Gasteiger partial charge >= 0.3 is 0 Å². The Hall–Kier alpha value is -2.29. The van der Waals surface area contributed by atoms with Gasteiger partial charge in [-0.1, -0.05) is 35.9 Å². The maximum Gasteiger partial charge on any atom is 0.224 e. The fraction of sp³-hybridized carbons (Fsp3) is 0.409. The molecule has 0 saturated carbocycles. The van der Waals surface area contributed by atoms with Crippen molar-refractivity contribution in [1.29, 1.82) is 0 Å². The number of amides is 1. The fourth-order valence-electron chi connectivity index (χ4n) is 3.40. The van der Waals surface area contributed by atoms with E-state index in [2.05, 4.69) is 66.5 Å². The lowest BCUT2D eigenvalue weighted by molar-refractivity contribution is -0.120. The van der Waals surface area contributed by atoms with Gasteiger partial charge in [-0.2, -0.15) is 0 Å². The third-order valence-electron chi connectivity index (χ3n) is 5.00. The number of hydrogen-bond donors (Lipinski definition) is 1. The third-order valence-corrected chi connectivity index (χ3v) is 5.00. The van der Waals surface area contributed by atoms with Crippen LogP contribution in [0.3, 0.4) is 0 Å². The average molecular weight is 336 g/mol. The summed E-state index contributed by atoms with van der Waals surface area (Å²) in [7, 11) is 0. The summed E-state index contributed by atoms with van der Waals surface area (Å²) in [4.78, 5) is 14.7. The van der Waals surface area contributed by atoms with E-state index < -0.39 is 0 Å². The average Bonchev–Trinajstić information content (AvgIpc) is 2.64. The molecule has 0 bridgehead atoms. The molecule has 1 amide bonds. The van der Waals surface area contributed by atoms with Gasteiger partial charge in [-0.3, -0.25) is 4.79 Å². The van der Waals surface area contributed by atoms with Crippen molar-refractivity contribution in [2.24, 2.45) is 0 Å². The molecule has 1 heterocycles. The Bertz CT molecular complexity index is 715. The molecule has 132 valence electrons. The van der Waals surface area contributed by atoms with Gasteiger partial charge in [-0.25, -0.2) is 0 Å². The van der Waals surface area contributed by atoms with Gasteiger partial charge in [0.25, 0.3) is 0 Å². The van der Waals surface area contributed by atoms with E-state index in [0.717, 1.165) is 24.2 Å². The van der Waals surface area contributed by atoms with E-state index in [9.17, 15) is 4.79 Å².